The molecule has 0 N–H and O–H groups in total. The fourth-order valence-electron chi connectivity index (χ4n) is 2.98. The van der Waals surface area contributed by atoms with E-state index in [1.165, 1.54) is 30.3 Å². The van der Waals surface area contributed by atoms with Crippen molar-refractivity contribution in [1.82, 2.24) is 9.55 Å². The Kier molecular flexibility index (Phi) is 8.93. The second kappa shape index (κ2) is 11.5. The van der Waals surface area contributed by atoms with Gasteiger partial charge in [0.05, 0.1) is 39.4 Å². The molecule has 3 aromatic rings. The topological polar surface area (TPSA) is 70.4 Å². The molecular formula is C23H25Cl3N2O4S. The van der Waals surface area contributed by atoms with Gasteiger partial charge in [-0.2, -0.15) is 0 Å². The number of imidazole rings is 1. The molecule has 0 aliphatic heterocycles. The Labute approximate surface area is 209 Å². The largest absolute Gasteiger partial charge is 0.492 e. The monoisotopic (exact) mass is 530 g/mol. The van der Waals surface area contributed by atoms with Crippen LogP contribution in [0.15, 0.2) is 64.9 Å². The lowest BCUT2D eigenvalue weighted by Crippen LogP contribution is -2.14. The number of alkyl halides is 1. The van der Waals surface area contributed by atoms with Gasteiger partial charge in [0.15, 0.2) is 0 Å². The van der Waals surface area contributed by atoms with Crippen molar-refractivity contribution in [2.45, 2.75) is 30.2 Å². The minimum absolute atomic E-state index is 0.0453. The predicted molar refractivity (Wildman–Crippen MR) is 131 cm³/mol. The van der Waals surface area contributed by atoms with E-state index in [9.17, 15) is 8.42 Å². The first-order valence-corrected chi connectivity index (χ1v) is 13.1. The highest BCUT2D eigenvalue weighted by atomic mass is 35.5. The fourth-order valence-corrected chi connectivity index (χ4v) is 4.98. The van der Waals surface area contributed by atoms with Crippen LogP contribution in [0.4, 0.5) is 0 Å². The second-order valence-corrected chi connectivity index (χ2v) is 11.0. The number of nitrogens with zero attached hydrogens (tertiary/aromatic N) is 2. The van der Waals surface area contributed by atoms with Crippen LogP contribution in [-0.2, 0) is 16.4 Å². The number of benzene rings is 2. The summed E-state index contributed by atoms with van der Waals surface area (Å²) in [6.07, 6.45) is 5.35. The smallest absolute Gasteiger partial charge is 0.206 e. The molecule has 3 rings (SSSR count). The molecule has 0 aliphatic rings. The van der Waals surface area contributed by atoms with E-state index in [0.717, 1.165) is 6.54 Å². The lowest BCUT2D eigenvalue weighted by atomic mass is 10.2. The molecule has 2 atom stereocenters. The van der Waals surface area contributed by atoms with Crippen molar-refractivity contribution in [3.05, 3.63) is 65.2 Å². The highest BCUT2D eigenvalue weighted by Crippen LogP contribution is 2.33. The lowest BCUT2D eigenvalue weighted by molar-refractivity contribution is 0.244. The molecule has 178 valence electrons. The van der Waals surface area contributed by atoms with Gasteiger partial charge in [-0.1, -0.05) is 37.0 Å². The summed E-state index contributed by atoms with van der Waals surface area (Å²) >= 11 is 18.4. The number of hydrogen-bond donors (Lipinski definition) is 0. The van der Waals surface area contributed by atoms with Crippen LogP contribution in [0.5, 0.6) is 11.5 Å². The summed E-state index contributed by atoms with van der Waals surface area (Å²) in [6.45, 7) is 5.53. The Bertz CT molecular complexity index is 1170. The third-order valence-electron chi connectivity index (χ3n) is 4.82. The molecule has 0 aliphatic carbocycles. The van der Waals surface area contributed by atoms with E-state index in [-0.39, 0.29) is 31.7 Å². The first kappa shape index (κ1) is 25.7. The van der Waals surface area contributed by atoms with Crippen LogP contribution in [0.1, 0.15) is 13.8 Å². The van der Waals surface area contributed by atoms with Gasteiger partial charge < -0.3 is 14.0 Å². The van der Waals surface area contributed by atoms with Crippen LogP contribution in [-0.4, -0.2) is 37.1 Å². The number of aromatic nitrogens is 2. The van der Waals surface area contributed by atoms with Gasteiger partial charge >= 0.3 is 0 Å². The zero-order valence-corrected chi connectivity index (χ0v) is 21.3. The van der Waals surface area contributed by atoms with Crippen molar-refractivity contribution in [3.8, 4) is 11.5 Å². The van der Waals surface area contributed by atoms with E-state index in [1.54, 1.807) is 18.6 Å². The third-order valence-corrected chi connectivity index (χ3v) is 7.69. The van der Waals surface area contributed by atoms with Crippen LogP contribution in [0.3, 0.4) is 0 Å². The zero-order valence-electron chi connectivity index (χ0n) is 18.2. The van der Waals surface area contributed by atoms with Crippen LogP contribution in [0.2, 0.25) is 10.0 Å². The summed E-state index contributed by atoms with van der Waals surface area (Å²) in [7, 11) is -3.83. The third kappa shape index (κ3) is 6.79. The van der Waals surface area contributed by atoms with Gasteiger partial charge in [0.25, 0.3) is 0 Å². The zero-order chi connectivity index (χ0) is 24.0. The maximum absolute atomic E-state index is 13.1. The van der Waals surface area contributed by atoms with E-state index < -0.39 is 9.84 Å². The Balaban J connectivity index is 1.69. The summed E-state index contributed by atoms with van der Waals surface area (Å²) in [5, 5.41) is 0.419. The average molecular weight is 532 g/mol. The van der Waals surface area contributed by atoms with E-state index in [0.29, 0.717) is 30.6 Å². The van der Waals surface area contributed by atoms with Gasteiger partial charge in [0, 0.05) is 36.7 Å². The summed E-state index contributed by atoms with van der Waals surface area (Å²) < 4.78 is 39.6. The summed E-state index contributed by atoms with van der Waals surface area (Å²) in [6, 6.07) is 8.78. The van der Waals surface area contributed by atoms with E-state index >= 15 is 0 Å². The predicted octanol–water partition coefficient (Wildman–Crippen LogP) is 5.99. The average Bonchev–Trinajstić information content (AvgIpc) is 3.30. The SMILES string of the molecule is C[C@H](CCl)COc1ccc(S(=O)(=O)c2ccc(OC[C@@H](C)Cn3ccnc3)c(Cl)c2)cc1Cl. The van der Waals surface area contributed by atoms with E-state index in [1.807, 2.05) is 24.6 Å². The minimum Gasteiger partial charge on any atom is -0.492 e. The van der Waals surface area contributed by atoms with Gasteiger partial charge in [-0.05, 0) is 36.4 Å². The van der Waals surface area contributed by atoms with Crippen molar-refractivity contribution < 1.29 is 17.9 Å². The molecule has 0 unspecified atom stereocenters. The van der Waals surface area contributed by atoms with Gasteiger partial charge in [0.1, 0.15) is 11.5 Å². The molecule has 0 saturated carbocycles. The van der Waals surface area contributed by atoms with Crippen LogP contribution in [0, 0.1) is 11.8 Å². The van der Waals surface area contributed by atoms with Crippen LogP contribution >= 0.6 is 34.8 Å². The molecule has 6 nitrogen and oxygen atoms in total. The molecule has 0 spiro atoms. The van der Waals surface area contributed by atoms with E-state index in [2.05, 4.69) is 4.98 Å². The van der Waals surface area contributed by atoms with Crippen molar-refractivity contribution >= 4 is 44.6 Å². The Morgan fingerprint density at radius 3 is 1.94 bits per heavy atom. The summed E-state index contributed by atoms with van der Waals surface area (Å²) in [5.74, 6) is 1.62. The summed E-state index contributed by atoms with van der Waals surface area (Å²) in [4.78, 5) is 4.11. The normalized spacial score (nSPS) is 13.5. The number of halogens is 3. The Hall–Kier alpha value is -1.93. The first-order valence-electron chi connectivity index (χ1n) is 10.3. The molecule has 10 heteroatoms. The van der Waals surface area contributed by atoms with Gasteiger partial charge in [-0.3, -0.25) is 0 Å². The minimum atomic E-state index is -3.83. The highest BCUT2D eigenvalue weighted by molar-refractivity contribution is 7.91. The summed E-state index contributed by atoms with van der Waals surface area (Å²) in [5.41, 5.74) is 0. The Morgan fingerprint density at radius 1 is 0.939 bits per heavy atom. The molecule has 0 saturated heterocycles. The van der Waals surface area contributed by atoms with Crippen LogP contribution < -0.4 is 9.47 Å². The number of rotatable bonds is 11. The molecule has 0 radical (unpaired) electrons. The first-order chi connectivity index (χ1) is 15.7. The van der Waals surface area contributed by atoms with Crippen molar-refractivity contribution in [2.75, 3.05) is 19.1 Å². The molecule has 1 heterocycles. The molecule has 0 bridgehead atoms. The molecule has 0 amide bonds. The lowest BCUT2D eigenvalue weighted by Gasteiger charge is -2.15. The van der Waals surface area contributed by atoms with Gasteiger partial charge in [-0.25, -0.2) is 13.4 Å². The molecule has 0 fully saturated rings. The number of sulfone groups is 1. The van der Waals surface area contributed by atoms with Crippen molar-refractivity contribution in [1.29, 1.82) is 0 Å². The van der Waals surface area contributed by atoms with Gasteiger partial charge in [0.2, 0.25) is 9.84 Å². The maximum Gasteiger partial charge on any atom is 0.206 e. The number of hydrogen-bond acceptors (Lipinski definition) is 5. The number of ether oxygens (including phenoxy) is 2. The second-order valence-electron chi connectivity index (χ2n) is 7.93. The quantitative estimate of drug-likeness (QED) is 0.284. The molecular weight excluding hydrogens is 507 g/mol. The standard InChI is InChI=1S/C23H25Cl3N2O4S/c1-16(11-24)13-31-22-5-3-18(9-20(22)25)33(29,30)19-4-6-23(21(26)10-19)32-14-17(2)12-28-8-7-27-15-28/h3-10,15-17H,11-14H2,1-2H3/t16-,17+/m1/s1. The fraction of sp³-hybridized carbons (Fsp3) is 0.348. The van der Waals surface area contributed by atoms with Crippen LogP contribution in [0.25, 0.3) is 0 Å². The van der Waals surface area contributed by atoms with E-state index in [4.69, 9.17) is 44.3 Å². The Morgan fingerprint density at radius 2 is 1.48 bits per heavy atom. The van der Waals surface area contributed by atoms with Gasteiger partial charge in [-0.15, -0.1) is 11.6 Å². The highest BCUT2D eigenvalue weighted by Gasteiger charge is 2.21. The molecule has 33 heavy (non-hydrogen) atoms. The van der Waals surface area contributed by atoms with Crippen molar-refractivity contribution in [2.24, 2.45) is 11.8 Å². The maximum atomic E-state index is 13.1. The van der Waals surface area contributed by atoms with Crippen molar-refractivity contribution in [3.63, 3.8) is 0 Å². The molecule has 1 aromatic heterocycles. The molecule has 2 aromatic carbocycles.